The molecule has 0 heterocycles. The van der Waals surface area contributed by atoms with Crippen molar-refractivity contribution in [3.8, 4) is 0 Å². The number of hydrogen-bond acceptors (Lipinski definition) is 0. The fraction of sp³-hybridized carbons (Fsp3) is 0.222. The van der Waals surface area contributed by atoms with Gasteiger partial charge in [-0.25, -0.2) is 0 Å². The van der Waals surface area contributed by atoms with Crippen LogP contribution in [0.5, 0.6) is 0 Å². The normalized spacial score (nSPS) is 11.3. The van der Waals surface area contributed by atoms with Crippen molar-refractivity contribution in [1.29, 1.82) is 0 Å². The molecule has 0 aliphatic heterocycles. The van der Waals surface area contributed by atoms with Crippen molar-refractivity contribution in [2.75, 3.05) is 4.43 Å². The summed E-state index contributed by atoms with van der Waals surface area (Å²) < 4.78 is 3.71. The molecule has 0 saturated heterocycles. The third-order valence-electron chi connectivity index (χ3n) is 1.16. The van der Waals surface area contributed by atoms with Crippen LogP contribution in [-0.2, 0) is 0 Å². The van der Waals surface area contributed by atoms with Crippen molar-refractivity contribution >= 4 is 24.7 Å². The Morgan fingerprint density at radius 3 is 2.60 bits per heavy atom. The molecule has 0 bridgehead atoms. The van der Waals surface area contributed by atoms with Gasteiger partial charge in [-0.05, 0) is 14.0 Å². The zero-order valence-electron chi connectivity index (χ0n) is 6.05. The van der Waals surface area contributed by atoms with Crippen LogP contribution >= 0.6 is 20.7 Å². The molecule has 0 radical (unpaired) electrons. The maximum atomic E-state index is 2.37. The molecule has 0 saturated carbocycles. The third kappa shape index (κ3) is 2.60. The van der Waals surface area contributed by atoms with E-state index in [-0.39, 0.29) is 0 Å². The van der Waals surface area contributed by atoms with E-state index in [9.17, 15) is 0 Å². The molecule has 1 aromatic carbocycles. The summed E-state index contributed by atoms with van der Waals surface area (Å²) in [6.45, 7) is 2.24. The minimum Gasteiger partial charge on any atom is -0.122 e. The predicted octanol–water partition coefficient (Wildman–Crippen LogP) is 2.83. The van der Waals surface area contributed by atoms with Gasteiger partial charge in [0.05, 0.1) is 0 Å². The maximum Gasteiger partial charge on any atom is -0.00807 e. The van der Waals surface area contributed by atoms with E-state index in [0.29, 0.717) is 20.7 Å². The minimum absolute atomic E-state index is 0.324. The van der Waals surface area contributed by atoms with Gasteiger partial charge >= 0.3 is 0 Å². The van der Waals surface area contributed by atoms with E-state index in [2.05, 4.69) is 41.3 Å². The van der Waals surface area contributed by atoms with Crippen molar-refractivity contribution in [1.82, 2.24) is 0 Å². The number of hydrogen-bond donors (Lipinski definition) is 0. The summed E-state index contributed by atoms with van der Waals surface area (Å²) in [6.07, 6.45) is 0. The van der Waals surface area contributed by atoms with Crippen molar-refractivity contribution in [3.63, 3.8) is 0 Å². The molecule has 0 aliphatic carbocycles. The summed E-state index contributed by atoms with van der Waals surface area (Å²) in [5.74, 6) is 0. The maximum absolute atomic E-state index is 2.37. The lowest BCUT2D eigenvalue weighted by Crippen LogP contribution is -1.73. The van der Waals surface area contributed by atoms with Crippen molar-refractivity contribution in [3.05, 3.63) is 35.9 Å². The van der Waals surface area contributed by atoms with Gasteiger partial charge in [0.1, 0.15) is 0 Å². The molecule has 0 nitrogen and oxygen atoms in total. The van der Waals surface area contributed by atoms with Gasteiger partial charge < -0.3 is 0 Å². The summed E-state index contributed by atoms with van der Waals surface area (Å²) in [6, 6.07) is 10.6. The van der Waals surface area contributed by atoms with E-state index in [1.807, 2.05) is 0 Å². The van der Waals surface area contributed by atoms with E-state index in [1.54, 1.807) is 0 Å². The average Bonchev–Trinajstić information content (AvgIpc) is 2.03. The highest BCUT2D eigenvalue weighted by atomic mass is 127. The SMILES string of the molecule is CC/I=C\c1ccccc1. The second kappa shape index (κ2) is 4.61. The molecule has 0 aliphatic rings. The van der Waals surface area contributed by atoms with Gasteiger partial charge in [-0.3, -0.25) is 0 Å². The van der Waals surface area contributed by atoms with Gasteiger partial charge in [0, 0.05) is 0 Å². The topological polar surface area (TPSA) is 0 Å². The second-order valence-corrected chi connectivity index (χ2v) is 4.97. The van der Waals surface area contributed by atoms with Crippen molar-refractivity contribution < 1.29 is 0 Å². The Morgan fingerprint density at radius 2 is 2.00 bits per heavy atom. The summed E-state index contributed by atoms with van der Waals surface area (Å²) >= 11 is 0.324. The van der Waals surface area contributed by atoms with E-state index in [4.69, 9.17) is 0 Å². The Hall–Kier alpha value is -0.180. The fourth-order valence-corrected chi connectivity index (χ4v) is 2.06. The van der Waals surface area contributed by atoms with Crippen LogP contribution in [0.4, 0.5) is 0 Å². The van der Waals surface area contributed by atoms with E-state index < -0.39 is 0 Å². The minimum atomic E-state index is 0.324. The van der Waals surface area contributed by atoms with Crippen LogP contribution in [0.1, 0.15) is 12.5 Å². The van der Waals surface area contributed by atoms with Gasteiger partial charge in [0.15, 0.2) is 0 Å². The lowest BCUT2D eigenvalue weighted by molar-refractivity contribution is 1.58. The Kier molecular flexibility index (Phi) is 3.65. The Labute approximate surface area is 72.0 Å². The summed E-state index contributed by atoms with van der Waals surface area (Å²) in [5.41, 5.74) is 1.39. The lowest BCUT2D eigenvalue weighted by atomic mass is 10.2. The Morgan fingerprint density at radius 1 is 1.30 bits per heavy atom. The molecule has 10 heavy (non-hydrogen) atoms. The molecular formula is C9H11I. The van der Waals surface area contributed by atoms with Gasteiger partial charge in [-0.2, -0.15) is 0 Å². The van der Waals surface area contributed by atoms with Crippen LogP contribution in [0.3, 0.4) is 0 Å². The molecule has 1 aromatic rings. The molecule has 1 rings (SSSR count). The van der Waals surface area contributed by atoms with Crippen LogP contribution in [0.15, 0.2) is 30.3 Å². The van der Waals surface area contributed by atoms with Gasteiger partial charge in [0.25, 0.3) is 0 Å². The van der Waals surface area contributed by atoms with Gasteiger partial charge in [-0.15, -0.1) is 20.7 Å². The van der Waals surface area contributed by atoms with Crippen LogP contribution in [-0.4, -0.2) is 8.44 Å². The molecule has 0 unspecified atom stereocenters. The molecule has 54 valence electrons. The highest BCUT2D eigenvalue weighted by molar-refractivity contribution is 14.2. The quantitative estimate of drug-likeness (QED) is 0.556. The van der Waals surface area contributed by atoms with Crippen LogP contribution < -0.4 is 0 Å². The Bertz CT molecular complexity index is 201. The molecule has 0 atom stereocenters. The Balaban J connectivity index is 2.67. The molecule has 0 aromatic heterocycles. The molecule has 0 fully saturated rings. The molecule has 0 spiro atoms. The summed E-state index contributed by atoms with van der Waals surface area (Å²) in [5, 5.41) is 0. The van der Waals surface area contributed by atoms with E-state index in [0.717, 1.165) is 0 Å². The smallest absolute Gasteiger partial charge is 0.00807 e. The number of alkyl halides is 1. The summed E-state index contributed by atoms with van der Waals surface area (Å²) in [4.78, 5) is 0. The van der Waals surface area contributed by atoms with Crippen LogP contribution in [0.25, 0.3) is 0 Å². The molecule has 0 amide bonds. The van der Waals surface area contributed by atoms with Gasteiger partial charge in [-0.1, -0.05) is 37.3 Å². The number of benzene rings is 1. The molecular weight excluding hydrogens is 235 g/mol. The standard InChI is InChI=1S/C9H11I/c1-2-10-8-9-6-4-3-5-7-9/h3-8H,2H2,1H3. The first kappa shape index (κ1) is 7.92. The van der Waals surface area contributed by atoms with Gasteiger partial charge in [0.2, 0.25) is 0 Å². The first-order valence-corrected chi connectivity index (χ1v) is 6.16. The first-order chi connectivity index (χ1) is 4.93. The van der Waals surface area contributed by atoms with E-state index in [1.165, 1.54) is 9.99 Å². The number of halogens is 1. The zero-order valence-corrected chi connectivity index (χ0v) is 8.21. The van der Waals surface area contributed by atoms with Crippen LogP contribution in [0.2, 0.25) is 0 Å². The highest BCUT2D eigenvalue weighted by Gasteiger charge is 1.79. The molecule has 1 heteroatoms. The fourth-order valence-electron chi connectivity index (χ4n) is 0.692. The monoisotopic (exact) mass is 246 g/mol. The number of rotatable bonds is 2. The zero-order chi connectivity index (χ0) is 7.23. The second-order valence-electron chi connectivity index (χ2n) is 1.94. The largest absolute Gasteiger partial charge is 0.122 e. The third-order valence-corrected chi connectivity index (χ3v) is 3.20. The first-order valence-electron chi connectivity index (χ1n) is 3.39. The van der Waals surface area contributed by atoms with Crippen LogP contribution in [0, 0.1) is 0 Å². The molecule has 0 N–H and O–H groups in total. The summed E-state index contributed by atoms with van der Waals surface area (Å²) in [7, 11) is 0. The van der Waals surface area contributed by atoms with Crippen molar-refractivity contribution in [2.45, 2.75) is 6.92 Å². The van der Waals surface area contributed by atoms with E-state index >= 15 is 0 Å². The predicted molar refractivity (Wildman–Crippen MR) is 56.2 cm³/mol. The average molecular weight is 246 g/mol. The highest BCUT2D eigenvalue weighted by Crippen LogP contribution is 2.00. The lowest BCUT2D eigenvalue weighted by Gasteiger charge is -1.87. The van der Waals surface area contributed by atoms with Crippen molar-refractivity contribution in [2.24, 2.45) is 0 Å².